The summed E-state index contributed by atoms with van der Waals surface area (Å²) < 4.78 is 5.52. The summed E-state index contributed by atoms with van der Waals surface area (Å²) in [6.45, 7) is 0. The van der Waals surface area contributed by atoms with Gasteiger partial charge >= 0.3 is 0 Å². The van der Waals surface area contributed by atoms with Crippen molar-refractivity contribution in [2.24, 2.45) is 0 Å². The van der Waals surface area contributed by atoms with E-state index in [-0.39, 0.29) is 11.4 Å². The van der Waals surface area contributed by atoms with Crippen molar-refractivity contribution in [3.8, 4) is 17.4 Å². The number of amides is 1. The van der Waals surface area contributed by atoms with Crippen LogP contribution in [0.4, 0.5) is 11.4 Å². The highest BCUT2D eigenvalue weighted by Crippen LogP contribution is 2.26. The zero-order valence-electron chi connectivity index (χ0n) is 13.5. The van der Waals surface area contributed by atoms with Crippen LogP contribution >= 0.6 is 0 Å². The van der Waals surface area contributed by atoms with Gasteiger partial charge in [0, 0.05) is 23.4 Å². The van der Waals surface area contributed by atoms with E-state index in [4.69, 9.17) is 9.68 Å². The SMILES string of the molecule is N#CCc1ccc(NC(=O)c2ccc(-c3cccc([N+](=O)[O-])c3)o2)cc1. The third-order valence-corrected chi connectivity index (χ3v) is 3.67. The fraction of sp³-hybridized carbons (Fsp3) is 0.0526. The zero-order valence-corrected chi connectivity index (χ0v) is 13.5. The van der Waals surface area contributed by atoms with E-state index >= 15 is 0 Å². The molecule has 0 unspecified atom stereocenters. The van der Waals surface area contributed by atoms with Crippen LogP contribution in [0.25, 0.3) is 11.3 Å². The zero-order chi connectivity index (χ0) is 18.5. The van der Waals surface area contributed by atoms with Crippen LogP contribution in [-0.2, 0) is 6.42 Å². The largest absolute Gasteiger partial charge is 0.451 e. The number of hydrogen-bond donors (Lipinski definition) is 1. The van der Waals surface area contributed by atoms with E-state index in [2.05, 4.69) is 11.4 Å². The van der Waals surface area contributed by atoms with Gasteiger partial charge < -0.3 is 9.73 Å². The number of carbonyl (C=O) groups excluding carboxylic acids is 1. The second-order valence-electron chi connectivity index (χ2n) is 5.46. The van der Waals surface area contributed by atoms with Crippen molar-refractivity contribution in [3.05, 3.63) is 82.1 Å². The van der Waals surface area contributed by atoms with Gasteiger partial charge in [-0.2, -0.15) is 5.26 Å². The molecular weight excluding hydrogens is 334 g/mol. The Hall–Kier alpha value is -3.92. The second kappa shape index (κ2) is 7.32. The van der Waals surface area contributed by atoms with Crippen molar-refractivity contribution < 1.29 is 14.1 Å². The van der Waals surface area contributed by atoms with E-state index in [1.54, 1.807) is 42.5 Å². The number of nitro groups is 1. The number of hydrogen-bond acceptors (Lipinski definition) is 5. The summed E-state index contributed by atoms with van der Waals surface area (Å²) in [6, 6.07) is 18.1. The van der Waals surface area contributed by atoms with E-state index in [0.29, 0.717) is 23.4 Å². The summed E-state index contributed by atoms with van der Waals surface area (Å²) >= 11 is 0. The Labute approximate surface area is 148 Å². The highest BCUT2D eigenvalue weighted by Gasteiger charge is 2.14. The van der Waals surface area contributed by atoms with Gasteiger partial charge in [-0.05, 0) is 29.8 Å². The molecule has 1 aromatic heterocycles. The van der Waals surface area contributed by atoms with E-state index < -0.39 is 10.8 Å². The Morgan fingerprint density at radius 2 is 1.92 bits per heavy atom. The molecule has 1 N–H and O–H groups in total. The lowest BCUT2D eigenvalue weighted by molar-refractivity contribution is -0.384. The number of benzene rings is 2. The van der Waals surface area contributed by atoms with Gasteiger partial charge in [0.2, 0.25) is 0 Å². The molecule has 2 aromatic carbocycles. The number of rotatable bonds is 5. The number of anilines is 1. The van der Waals surface area contributed by atoms with E-state index in [1.165, 1.54) is 18.2 Å². The molecule has 0 aliphatic rings. The lowest BCUT2D eigenvalue weighted by Gasteiger charge is -2.04. The highest BCUT2D eigenvalue weighted by atomic mass is 16.6. The number of nitriles is 1. The summed E-state index contributed by atoms with van der Waals surface area (Å²) in [4.78, 5) is 22.6. The predicted molar refractivity (Wildman–Crippen MR) is 94.5 cm³/mol. The van der Waals surface area contributed by atoms with Crippen LogP contribution in [0.2, 0.25) is 0 Å². The van der Waals surface area contributed by atoms with Crippen molar-refractivity contribution in [2.45, 2.75) is 6.42 Å². The minimum atomic E-state index is -0.490. The first-order valence-corrected chi connectivity index (χ1v) is 7.69. The Kier molecular flexibility index (Phi) is 4.76. The Morgan fingerprint density at radius 1 is 1.15 bits per heavy atom. The van der Waals surface area contributed by atoms with Crippen LogP contribution in [0.5, 0.6) is 0 Å². The lowest BCUT2D eigenvalue weighted by Crippen LogP contribution is -2.10. The summed E-state index contributed by atoms with van der Waals surface area (Å²) in [6.07, 6.45) is 0.305. The van der Waals surface area contributed by atoms with E-state index in [9.17, 15) is 14.9 Å². The van der Waals surface area contributed by atoms with Crippen molar-refractivity contribution in [1.29, 1.82) is 5.26 Å². The Bertz CT molecular complexity index is 1000. The number of carbonyl (C=O) groups is 1. The number of furan rings is 1. The van der Waals surface area contributed by atoms with Gasteiger partial charge in [0.1, 0.15) is 5.76 Å². The first kappa shape index (κ1) is 16.9. The summed E-state index contributed by atoms with van der Waals surface area (Å²) in [5.41, 5.74) is 1.89. The maximum Gasteiger partial charge on any atom is 0.291 e. The topological polar surface area (TPSA) is 109 Å². The van der Waals surface area contributed by atoms with Crippen molar-refractivity contribution in [1.82, 2.24) is 0 Å². The normalized spacial score (nSPS) is 10.1. The van der Waals surface area contributed by atoms with Crippen LogP contribution in [0.1, 0.15) is 16.1 Å². The predicted octanol–water partition coefficient (Wildman–Crippen LogP) is 4.17. The monoisotopic (exact) mass is 347 g/mol. The van der Waals surface area contributed by atoms with Crippen LogP contribution < -0.4 is 5.32 Å². The molecule has 26 heavy (non-hydrogen) atoms. The van der Waals surface area contributed by atoms with Crippen LogP contribution in [0.3, 0.4) is 0 Å². The Balaban J connectivity index is 1.75. The molecule has 0 atom stereocenters. The molecule has 128 valence electrons. The quantitative estimate of drug-likeness (QED) is 0.550. The summed E-state index contributed by atoms with van der Waals surface area (Å²) in [5.74, 6) is 0.0190. The minimum absolute atomic E-state index is 0.0534. The molecule has 1 amide bonds. The van der Waals surface area contributed by atoms with Gasteiger partial charge in [0.25, 0.3) is 11.6 Å². The number of nitro benzene ring substituents is 1. The molecule has 0 saturated carbocycles. The molecule has 0 radical (unpaired) electrons. The molecule has 0 saturated heterocycles. The van der Waals surface area contributed by atoms with E-state index in [1.807, 2.05) is 0 Å². The molecule has 0 spiro atoms. The second-order valence-corrected chi connectivity index (χ2v) is 5.46. The van der Waals surface area contributed by atoms with Crippen molar-refractivity contribution in [2.75, 3.05) is 5.32 Å². The van der Waals surface area contributed by atoms with Crippen LogP contribution in [-0.4, -0.2) is 10.8 Å². The Morgan fingerprint density at radius 3 is 2.62 bits per heavy atom. The molecule has 0 fully saturated rings. The van der Waals surface area contributed by atoms with Gasteiger partial charge in [-0.25, -0.2) is 0 Å². The minimum Gasteiger partial charge on any atom is -0.451 e. The first-order chi connectivity index (χ1) is 12.6. The summed E-state index contributed by atoms with van der Waals surface area (Å²) in [7, 11) is 0. The third kappa shape index (κ3) is 3.76. The molecule has 0 bridgehead atoms. The van der Waals surface area contributed by atoms with Crippen LogP contribution in [0, 0.1) is 21.4 Å². The van der Waals surface area contributed by atoms with Crippen LogP contribution in [0.15, 0.2) is 65.1 Å². The summed E-state index contributed by atoms with van der Waals surface area (Å²) in [5, 5.41) is 22.2. The van der Waals surface area contributed by atoms with Crippen molar-refractivity contribution >= 4 is 17.3 Å². The molecule has 7 heteroatoms. The maximum atomic E-state index is 12.3. The smallest absolute Gasteiger partial charge is 0.291 e. The first-order valence-electron chi connectivity index (χ1n) is 7.69. The molecule has 3 rings (SSSR count). The van der Waals surface area contributed by atoms with Gasteiger partial charge in [-0.3, -0.25) is 14.9 Å². The molecule has 3 aromatic rings. The molecule has 0 aliphatic carbocycles. The lowest BCUT2D eigenvalue weighted by atomic mass is 10.1. The maximum absolute atomic E-state index is 12.3. The fourth-order valence-electron chi connectivity index (χ4n) is 2.38. The van der Waals surface area contributed by atoms with Gasteiger partial charge in [-0.15, -0.1) is 0 Å². The molecule has 0 aliphatic heterocycles. The van der Waals surface area contributed by atoms with E-state index in [0.717, 1.165) is 5.56 Å². The van der Waals surface area contributed by atoms with Gasteiger partial charge in [0.05, 0.1) is 17.4 Å². The number of nitrogens with zero attached hydrogens (tertiary/aromatic N) is 2. The highest BCUT2D eigenvalue weighted by molar-refractivity contribution is 6.02. The molecular formula is C19H13N3O4. The number of nitrogens with one attached hydrogen (secondary N) is 1. The molecule has 7 nitrogen and oxygen atoms in total. The molecule has 1 heterocycles. The number of non-ortho nitro benzene ring substituents is 1. The third-order valence-electron chi connectivity index (χ3n) is 3.67. The standard InChI is InChI=1S/C19H13N3O4/c20-11-10-13-4-6-15(7-5-13)21-19(23)18-9-8-17(26-18)14-2-1-3-16(12-14)22(24)25/h1-9,12H,10H2,(H,21,23). The van der Waals surface area contributed by atoms with Gasteiger partial charge in [-0.1, -0.05) is 24.3 Å². The van der Waals surface area contributed by atoms with Crippen molar-refractivity contribution in [3.63, 3.8) is 0 Å². The average Bonchev–Trinajstić information content (AvgIpc) is 3.14. The average molecular weight is 347 g/mol. The van der Waals surface area contributed by atoms with Gasteiger partial charge in [0.15, 0.2) is 5.76 Å². The fourth-order valence-corrected chi connectivity index (χ4v) is 2.38.